The van der Waals surface area contributed by atoms with E-state index in [-0.39, 0.29) is 16.0 Å². The van der Waals surface area contributed by atoms with Crippen LogP contribution in [0.25, 0.3) is 0 Å². The molecule has 4 N–H and O–H groups in total. The molecule has 1 aromatic carbocycles. The molecule has 1 aliphatic rings. The summed E-state index contributed by atoms with van der Waals surface area (Å²) in [7, 11) is 0.819. The average Bonchev–Trinajstić information content (AvgIpc) is 3.09. The van der Waals surface area contributed by atoms with E-state index in [0.29, 0.717) is 12.3 Å². The molecule has 184 valence electrons. The van der Waals surface area contributed by atoms with Gasteiger partial charge >= 0.3 is 0 Å². The van der Waals surface area contributed by atoms with E-state index < -0.39 is 51.5 Å². The van der Waals surface area contributed by atoms with Gasteiger partial charge in [-0.15, -0.1) is 11.3 Å². The summed E-state index contributed by atoms with van der Waals surface area (Å²) < 4.78 is 60.7. The van der Waals surface area contributed by atoms with Crippen LogP contribution in [-0.2, 0) is 12.8 Å². The number of ether oxygens (including phenoxy) is 1. The Morgan fingerprint density at radius 2 is 1.68 bits per heavy atom. The number of carbonyl (C=O) groups is 2. The summed E-state index contributed by atoms with van der Waals surface area (Å²) >= 11 is 6.28. The number of methoxy groups -OCH3 is 1. The van der Waals surface area contributed by atoms with Gasteiger partial charge < -0.3 is 15.8 Å². The quantitative estimate of drug-likeness (QED) is 0.311. The van der Waals surface area contributed by atoms with Crippen molar-refractivity contribution < 1.29 is 31.9 Å². The number of hydrogen-bond donors (Lipinski definition) is 3. The molecule has 2 amide bonds. The molecular weight excluding hydrogens is 494 g/mol. The van der Waals surface area contributed by atoms with Gasteiger partial charge in [-0.25, -0.2) is 8.78 Å². The van der Waals surface area contributed by atoms with Gasteiger partial charge in [0.2, 0.25) is 11.6 Å². The first-order valence-corrected chi connectivity index (χ1v) is 11.5. The van der Waals surface area contributed by atoms with Crippen molar-refractivity contribution in [1.29, 1.82) is 0 Å². The van der Waals surface area contributed by atoms with Crippen LogP contribution in [0.2, 0.25) is 0 Å². The number of thiophene rings is 1. The Hall–Kier alpha value is -2.73. The summed E-state index contributed by atoms with van der Waals surface area (Å²) in [5.74, 6) is -10.7. The second-order valence-electron chi connectivity index (χ2n) is 8.95. The molecule has 0 unspecified atom stereocenters. The van der Waals surface area contributed by atoms with Crippen LogP contribution in [0.15, 0.2) is 0 Å². The summed E-state index contributed by atoms with van der Waals surface area (Å²) in [4.78, 5) is 25.5. The Balaban J connectivity index is 1.86. The molecule has 1 aromatic heterocycles. The SMILES string of the molecule is COc1c(F)c(F)c(C(=O)NC(=S)Nc2sc3c(c2C(N)=O)CC[C@H](C(C)(C)C)C3)c(F)c1F. The fourth-order valence-corrected chi connectivity index (χ4v) is 5.56. The van der Waals surface area contributed by atoms with Gasteiger partial charge in [0.1, 0.15) is 10.6 Å². The van der Waals surface area contributed by atoms with E-state index in [0.717, 1.165) is 30.4 Å². The van der Waals surface area contributed by atoms with Gasteiger partial charge in [-0.2, -0.15) is 8.78 Å². The van der Waals surface area contributed by atoms with Crippen molar-refractivity contribution in [3.05, 3.63) is 44.8 Å². The minimum absolute atomic E-state index is 0.0580. The van der Waals surface area contributed by atoms with Crippen LogP contribution >= 0.6 is 23.6 Å². The zero-order valence-corrected chi connectivity index (χ0v) is 20.5. The van der Waals surface area contributed by atoms with Crippen molar-refractivity contribution in [2.75, 3.05) is 12.4 Å². The molecule has 1 aliphatic carbocycles. The number of hydrogen-bond acceptors (Lipinski definition) is 5. The maximum atomic E-state index is 14.2. The highest BCUT2D eigenvalue weighted by Gasteiger charge is 2.34. The van der Waals surface area contributed by atoms with Crippen LogP contribution in [0.3, 0.4) is 0 Å². The number of rotatable bonds is 4. The average molecular weight is 518 g/mol. The van der Waals surface area contributed by atoms with E-state index in [9.17, 15) is 27.2 Å². The molecule has 6 nitrogen and oxygen atoms in total. The lowest BCUT2D eigenvalue weighted by molar-refractivity contribution is 0.0964. The number of anilines is 1. The maximum absolute atomic E-state index is 14.2. The third-order valence-corrected chi connectivity index (χ3v) is 7.22. The molecular formula is C22H23F4N3O3S2. The number of primary amides is 1. The molecule has 2 aromatic rings. The van der Waals surface area contributed by atoms with Gasteiger partial charge in [0.25, 0.3) is 11.8 Å². The normalized spacial score (nSPS) is 15.5. The molecule has 1 heterocycles. The summed E-state index contributed by atoms with van der Waals surface area (Å²) in [6.07, 6.45) is 2.22. The number of nitrogens with one attached hydrogen (secondary N) is 2. The Morgan fingerprint density at radius 1 is 1.09 bits per heavy atom. The summed E-state index contributed by atoms with van der Waals surface area (Å²) in [6, 6.07) is 0. The summed E-state index contributed by atoms with van der Waals surface area (Å²) in [5.41, 5.74) is 5.15. The number of halogens is 4. The third kappa shape index (κ3) is 4.74. The van der Waals surface area contributed by atoms with Crippen molar-refractivity contribution in [2.45, 2.75) is 40.0 Å². The molecule has 0 spiro atoms. The van der Waals surface area contributed by atoms with Crippen LogP contribution in [0.4, 0.5) is 22.6 Å². The minimum atomic E-state index is -1.94. The summed E-state index contributed by atoms with van der Waals surface area (Å²) in [5, 5.41) is 4.47. The van der Waals surface area contributed by atoms with Gasteiger partial charge in [-0.05, 0) is 48.4 Å². The van der Waals surface area contributed by atoms with Gasteiger partial charge in [0, 0.05) is 4.88 Å². The lowest BCUT2D eigenvalue weighted by atomic mass is 9.72. The number of amides is 2. The van der Waals surface area contributed by atoms with E-state index in [1.165, 1.54) is 11.3 Å². The molecule has 0 fully saturated rings. The van der Waals surface area contributed by atoms with E-state index >= 15 is 0 Å². The highest BCUT2D eigenvalue weighted by molar-refractivity contribution is 7.80. The second kappa shape index (κ2) is 9.49. The van der Waals surface area contributed by atoms with Crippen LogP contribution < -0.4 is 21.1 Å². The number of carbonyl (C=O) groups excluding carboxylic acids is 2. The monoisotopic (exact) mass is 517 g/mol. The zero-order chi connectivity index (χ0) is 25.5. The zero-order valence-electron chi connectivity index (χ0n) is 18.8. The lowest BCUT2D eigenvalue weighted by Gasteiger charge is -2.33. The molecule has 0 saturated heterocycles. The highest BCUT2D eigenvalue weighted by atomic mass is 32.1. The van der Waals surface area contributed by atoms with Crippen LogP contribution in [-0.4, -0.2) is 24.0 Å². The molecule has 0 radical (unpaired) electrons. The van der Waals surface area contributed by atoms with Crippen LogP contribution in [0, 0.1) is 34.6 Å². The van der Waals surface area contributed by atoms with Gasteiger partial charge in [-0.3, -0.25) is 14.9 Å². The Bertz CT molecular complexity index is 1160. The first kappa shape index (κ1) is 25.9. The minimum Gasteiger partial charge on any atom is -0.491 e. The third-order valence-electron chi connectivity index (χ3n) is 5.84. The Kier molecular flexibility index (Phi) is 7.23. The molecule has 1 atom stereocenters. The molecule has 0 saturated carbocycles. The van der Waals surface area contributed by atoms with Crippen molar-refractivity contribution in [3.8, 4) is 5.75 Å². The number of fused-ring (bicyclic) bond motifs is 1. The number of benzene rings is 1. The molecule has 12 heteroatoms. The first-order chi connectivity index (χ1) is 15.8. The maximum Gasteiger partial charge on any atom is 0.263 e. The summed E-state index contributed by atoms with van der Waals surface area (Å²) in [6.45, 7) is 6.41. The smallest absolute Gasteiger partial charge is 0.263 e. The van der Waals surface area contributed by atoms with Crippen molar-refractivity contribution in [1.82, 2.24) is 5.32 Å². The Labute approximate surface area is 202 Å². The van der Waals surface area contributed by atoms with Gasteiger partial charge in [-0.1, -0.05) is 20.8 Å². The van der Waals surface area contributed by atoms with Crippen LogP contribution in [0.5, 0.6) is 5.75 Å². The topological polar surface area (TPSA) is 93.4 Å². The highest BCUT2D eigenvalue weighted by Crippen LogP contribution is 2.44. The number of thiocarbonyl (C=S) groups is 1. The van der Waals surface area contributed by atoms with E-state index in [4.69, 9.17) is 18.0 Å². The Morgan fingerprint density at radius 3 is 2.18 bits per heavy atom. The van der Waals surface area contributed by atoms with E-state index in [1.54, 1.807) is 0 Å². The first-order valence-electron chi connectivity index (χ1n) is 10.2. The molecule has 0 bridgehead atoms. The predicted molar refractivity (Wildman–Crippen MR) is 124 cm³/mol. The van der Waals surface area contributed by atoms with E-state index in [1.807, 2.05) is 5.32 Å². The molecule has 3 rings (SSSR count). The standard InChI is InChI=1S/C22H23F4N3O3S2/c1-22(2,3)8-5-6-9-10(7-8)34-20(11(9)18(27)30)29-21(33)28-19(31)12-13(23)15(25)17(32-4)16(26)14(12)24/h8H,5-7H2,1-4H3,(H2,27,30)(H2,28,29,31,33)/t8-/m0/s1. The van der Waals surface area contributed by atoms with Crippen molar-refractivity contribution >= 4 is 45.5 Å². The predicted octanol–water partition coefficient (Wildman–Crippen LogP) is 4.69. The van der Waals surface area contributed by atoms with Gasteiger partial charge in [0.05, 0.1) is 12.7 Å². The fraction of sp³-hybridized carbons (Fsp3) is 0.409. The largest absolute Gasteiger partial charge is 0.491 e. The van der Waals surface area contributed by atoms with Gasteiger partial charge in [0.15, 0.2) is 22.5 Å². The second-order valence-corrected chi connectivity index (χ2v) is 10.5. The van der Waals surface area contributed by atoms with Crippen LogP contribution in [0.1, 0.15) is 58.3 Å². The molecule has 0 aliphatic heterocycles. The molecule has 34 heavy (non-hydrogen) atoms. The number of nitrogens with two attached hydrogens (primary N) is 1. The van der Waals surface area contributed by atoms with Crippen molar-refractivity contribution in [2.24, 2.45) is 17.1 Å². The lowest BCUT2D eigenvalue weighted by Crippen LogP contribution is -2.36. The fourth-order valence-electron chi connectivity index (χ4n) is 3.96. The van der Waals surface area contributed by atoms with Crippen molar-refractivity contribution in [3.63, 3.8) is 0 Å². The van der Waals surface area contributed by atoms with E-state index in [2.05, 4.69) is 30.8 Å².